The predicted octanol–water partition coefficient (Wildman–Crippen LogP) is 4.03. The first-order chi connectivity index (χ1) is 14.6. The third-order valence-corrected chi connectivity index (χ3v) is 5.29. The number of anilines is 1. The van der Waals surface area contributed by atoms with Crippen molar-refractivity contribution in [3.05, 3.63) is 77.4 Å². The Labute approximate surface area is 173 Å². The number of imidazole rings is 1. The van der Waals surface area contributed by atoms with Gasteiger partial charge in [-0.3, -0.25) is 4.40 Å². The van der Waals surface area contributed by atoms with E-state index in [1.807, 2.05) is 60.8 Å². The summed E-state index contributed by atoms with van der Waals surface area (Å²) in [5.41, 5.74) is 12.8. The number of nitrogens with one attached hydrogen (secondary N) is 1. The Morgan fingerprint density at radius 2 is 1.83 bits per heavy atom. The fourth-order valence-electron chi connectivity index (χ4n) is 3.89. The van der Waals surface area contributed by atoms with Crippen molar-refractivity contribution in [1.29, 1.82) is 0 Å². The van der Waals surface area contributed by atoms with E-state index in [1.54, 1.807) is 0 Å². The van der Waals surface area contributed by atoms with Crippen LogP contribution in [0.5, 0.6) is 0 Å². The number of hydrogen-bond donors (Lipinski definition) is 2. The lowest BCUT2D eigenvalue weighted by Gasteiger charge is -2.08. The van der Waals surface area contributed by atoms with E-state index in [-0.39, 0.29) is 0 Å². The van der Waals surface area contributed by atoms with Gasteiger partial charge in [0.1, 0.15) is 11.4 Å². The van der Waals surface area contributed by atoms with Crippen molar-refractivity contribution in [1.82, 2.24) is 24.8 Å². The smallest absolute Gasteiger partial charge is 0.206 e. The van der Waals surface area contributed by atoms with Gasteiger partial charge in [-0.2, -0.15) is 0 Å². The molecule has 0 bridgehead atoms. The maximum atomic E-state index is 6.31. The van der Waals surface area contributed by atoms with Gasteiger partial charge in [0, 0.05) is 35.8 Å². The Morgan fingerprint density at radius 3 is 2.60 bits per heavy atom. The third kappa shape index (κ3) is 3.09. The number of nitrogen functional groups attached to an aromatic ring is 1. The molecule has 0 aliphatic heterocycles. The van der Waals surface area contributed by atoms with Crippen LogP contribution in [-0.4, -0.2) is 19.5 Å². The number of aromatic nitrogens is 4. The summed E-state index contributed by atoms with van der Waals surface area (Å²) in [5.74, 6) is 1.16. The normalized spacial score (nSPS) is 11.5. The molecule has 0 spiro atoms. The molecule has 3 heterocycles. The first-order valence-electron chi connectivity index (χ1n) is 9.86. The van der Waals surface area contributed by atoms with Gasteiger partial charge in [-0.1, -0.05) is 47.6 Å². The molecule has 2 aromatic carbocycles. The molecule has 150 valence electrons. The van der Waals surface area contributed by atoms with Gasteiger partial charge in [0.2, 0.25) is 5.95 Å². The first kappa shape index (κ1) is 18.3. The topological polar surface area (TPSA) is 94.3 Å². The highest BCUT2D eigenvalue weighted by Gasteiger charge is 2.18. The monoisotopic (exact) mass is 398 g/mol. The van der Waals surface area contributed by atoms with Crippen molar-refractivity contribution in [3.63, 3.8) is 0 Å². The second kappa shape index (κ2) is 7.27. The van der Waals surface area contributed by atoms with E-state index in [1.165, 1.54) is 5.56 Å². The average molecular weight is 398 g/mol. The molecular weight excluding hydrogens is 376 g/mol. The number of fused-ring (bicyclic) bond motifs is 3. The van der Waals surface area contributed by atoms with Crippen molar-refractivity contribution in [2.75, 3.05) is 5.73 Å². The molecule has 0 saturated heterocycles. The molecule has 0 saturated carbocycles. The third-order valence-electron chi connectivity index (χ3n) is 5.29. The van der Waals surface area contributed by atoms with Crippen LogP contribution >= 0.6 is 0 Å². The summed E-state index contributed by atoms with van der Waals surface area (Å²) >= 11 is 0. The van der Waals surface area contributed by atoms with Crippen molar-refractivity contribution in [2.45, 2.75) is 26.9 Å². The minimum atomic E-state index is 0.401. The van der Waals surface area contributed by atoms with Gasteiger partial charge in [0.05, 0.1) is 16.9 Å². The molecule has 7 heteroatoms. The van der Waals surface area contributed by atoms with Crippen molar-refractivity contribution in [3.8, 4) is 11.1 Å². The molecule has 0 amide bonds. The Hall–Kier alpha value is -3.71. The van der Waals surface area contributed by atoms with E-state index < -0.39 is 0 Å². The molecule has 3 N–H and O–H groups in total. The fourth-order valence-corrected chi connectivity index (χ4v) is 3.89. The summed E-state index contributed by atoms with van der Waals surface area (Å²) in [6, 6.07) is 16.3. The maximum absolute atomic E-state index is 6.31. The lowest BCUT2D eigenvalue weighted by molar-refractivity contribution is 0.393. The number of benzene rings is 2. The van der Waals surface area contributed by atoms with Gasteiger partial charge < -0.3 is 15.6 Å². The van der Waals surface area contributed by atoms with Gasteiger partial charge >= 0.3 is 0 Å². The zero-order chi connectivity index (χ0) is 20.7. The molecule has 0 radical (unpaired) electrons. The second-order valence-electron chi connectivity index (χ2n) is 7.39. The van der Waals surface area contributed by atoms with Crippen LogP contribution in [-0.2, 0) is 13.1 Å². The number of aryl methyl sites for hydroxylation is 2. The molecule has 30 heavy (non-hydrogen) atoms. The standard InChI is InChI=1S/C23H22N6O/c1-14-20(15(2)30-28-14)18-9-6-10-19-21(18)27-23(24)29-13-17(26-22(19)29)12-25-11-16-7-4-3-5-8-16/h3-10,13,25H,11-12H2,1-2H3,(H2,24,27). The van der Waals surface area contributed by atoms with Crippen molar-refractivity contribution >= 4 is 22.5 Å². The van der Waals surface area contributed by atoms with Crippen LogP contribution in [0.3, 0.4) is 0 Å². The molecule has 0 atom stereocenters. The molecular formula is C23H22N6O. The van der Waals surface area contributed by atoms with Crippen molar-refractivity contribution in [2.24, 2.45) is 0 Å². The fraction of sp³-hybridized carbons (Fsp3) is 0.174. The molecule has 7 nitrogen and oxygen atoms in total. The van der Waals surface area contributed by atoms with Crippen LogP contribution < -0.4 is 11.1 Å². The van der Waals surface area contributed by atoms with E-state index in [0.29, 0.717) is 12.5 Å². The van der Waals surface area contributed by atoms with Gasteiger partial charge in [-0.25, -0.2) is 9.97 Å². The van der Waals surface area contributed by atoms with Gasteiger partial charge in [-0.05, 0) is 25.5 Å². The molecule has 5 aromatic rings. The minimum Gasteiger partial charge on any atom is -0.369 e. The lowest BCUT2D eigenvalue weighted by atomic mass is 10.0. The SMILES string of the molecule is Cc1noc(C)c1-c1cccc2c1nc(N)n1cc(CNCc3ccccc3)nc21. The highest BCUT2D eigenvalue weighted by molar-refractivity contribution is 6.02. The zero-order valence-electron chi connectivity index (χ0n) is 16.9. The van der Waals surface area contributed by atoms with Crippen LogP contribution in [0.25, 0.3) is 27.7 Å². The van der Waals surface area contributed by atoms with Crippen molar-refractivity contribution < 1.29 is 4.52 Å². The molecule has 0 aliphatic rings. The van der Waals surface area contributed by atoms with Gasteiger partial charge in [-0.15, -0.1) is 0 Å². The highest BCUT2D eigenvalue weighted by atomic mass is 16.5. The Morgan fingerprint density at radius 1 is 1.00 bits per heavy atom. The second-order valence-corrected chi connectivity index (χ2v) is 7.39. The molecule has 0 fully saturated rings. The zero-order valence-corrected chi connectivity index (χ0v) is 16.9. The minimum absolute atomic E-state index is 0.401. The number of nitrogens with zero attached hydrogens (tertiary/aromatic N) is 4. The van der Waals surface area contributed by atoms with Crippen LogP contribution in [0.4, 0.5) is 5.95 Å². The Kier molecular flexibility index (Phi) is 4.44. The largest absolute Gasteiger partial charge is 0.369 e. The Bertz CT molecular complexity index is 1330. The average Bonchev–Trinajstić information content (AvgIpc) is 3.33. The highest BCUT2D eigenvalue weighted by Crippen LogP contribution is 2.34. The maximum Gasteiger partial charge on any atom is 0.206 e. The molecule has 5 rings (SSSR count). The molecule has 0 unspecified atom stereocenters. The molecule has 0 aliphatic carbocycles. The Balaban J connectivity index is 1.54. The quantitative estimate of drug-likeness (QED) is 0.464. The predicted molar refractivity (Wildman–Crippen MR) is 117 cm³/mol. The van der Waals surface area contributed by atoms with Crippen LogP contribution in [0.15, 0.2) is 59.3 Å². The number of hydrogen-bond acceptors (Lipinski definition) is 6. The van der Waals surface area contributed by atoms with E-state index in [0.717, 1.165) is 51.4 Å². The summed E-state index contributed by atoms with van der Waals surface area (Å²) in [6.45, 7) is 5.25. The van der Waals surface area contributed by atoms with Crippen LogP contribution in [0.2, 0.25) is 0 Å². The summed E-state index contributed by atoms with van der Waals surface area (Å²) in [4.78, 5) is 9.54. The first-order valence-corrected chi connectivity index (χ1v) is 9.86. The molecule has 3 aromatic heterocycles. The number of nitrogens with two attached hydrogens (primary N) is 1. The summed E-state index contributed by atoms with van der Waals surface area (Å²) < 4.78 is 7.21. The summed E-state index contributed by atoms with van der Waals surface area (Å²) in [5, 5.41) is 8.46. The van der Waals surface area contributed by atoms with Crippen LogP contribution in [0.1, 0.15) is 22.7 Å². The summed E-state index contributed by atoms with van der Waals surface area (Å²) in [6.07, 6.45) is 1.94. The van der Waals surface area contributed by atoms with E-state index >= 15 is 0 Å². The van der Waals surface area contributed by atoms with Crippen LogP contribution in [0, 0.1) is 13.8 Å². The van der Waals surface area contributed by atoms with Gasteiger partial charge in [0.25, 0.3) is 0 Å². The number of rotatable bonds is 5. The van der Waals surface area contributed by atoms with E-state index in [9.17, 15) is 0 Å². The van der Waals surface area contributed by atoms with Gasteiger partial charge in [0.15, 0.2) is 0 Å². The lowest BCUT2D eigenvalue weighted by Crippen LogP contribution is -2.12. The van der Waals surface area contributed by atoms with E-state index in [4.69, 9.17) is 20.2 Å². The summed E-state index contributed by atoms with van der Waals surface area (Å²) in [7, 11) is 0. The number of para-hydroxylation sites is 1. The van der Waals surface area contributed by atoms with E-state index in [2.05, 4.69) is 22.6 Å².